The first kappa shape index (κ1) is 23.9. The first-order valence-corrected chi connectivity index (χ1v) is 10.6. The van der Waals surface area contributed by atoms with Crippen LogP contribution in [0.5, 0.6) is 5.75 Å². The smallest absolute Gasteiger partial charge is 0.490 e. The molecular formula is C25H20F3N3O4. The first-order valence-electron chi connectivity index (χ1n) is 10.6. The molecule has 35 heavy (non-hydrogen) atoms. The lowest BCUT2D eigenvalue weighted by Gasteiger charge is -2.25. The number of pyridine rings is 1. The van der Waals surface area contributed by atoms with E-state index in [9.17, 15) is 18.0 Å². The predicted octanol–water partition coefficient (Wildman–Crippen LogP) is 4.65. The van der Waals surface area contributed by atoms with Crippen LogP contribution < -0.4 is 10.3 Å². The zero-order valence-electron chi connectivity index (χ0n) is 18.5. The molecule has 10 heteroatoms. The summed E-state index contributed by atoms with van der Waals surface area (Å²) in [4.78, 5) is 33.4. The van der Waals surface area contributed by atoms with Gasteiger partial charge in [0, 0.05) is 12.4 Å². The number of alkyl halides is 3. The number of hydrogen-bond donors (Lipinski definition) is 2. The number of carbonyl (C=O) groups is 1. The van der Waals surface area contributed by atoms with Crippen molar-refractivity contribution in [3.8, 4) is 16.9 Å². The second-order valence-corrected chi connectivity index (χ2v) is 8.05. The third-order valence-electron chi connectivity index (χ3n) is 5.49. The Kier molecular flexibility index (Phi) is 6.54. The second kappa shape index (κ2) is 9.57. The summed E-state index contributed by atoms with van der Waals surface area (Å²) in [5.74, 6) is -1.12. The fourth-order valence-electron chi connectivity index (χ4n) is 3.77. The van der Waals surface area contributed by atoms with E-state index >= 15 is 0 Å². The summed E-state index contributed by atoms with van der Waals surface area (Å²) >= 11 is 0. The van der Waals surface area contributed by atoms with Crippen molar-refractivity contribution in [3.63, 3.8) is 0 Å². The molecule has 0 amide bonds. The zero-order chi connectivity index (χ0) is 25.2. The Hall–Kier alpha value is -4.21. The minimum Gasteiger partial charge on any atom is -0.493 e. The molecule has 1 aliphatic heterocycles. The van der Waals surface area contributed by atoms with E-state index in [1.807, 2.05) is 36.4 Å². The number of ether oxygens (including phenoxy) is 1. The summed E-state index contributed by atoms with van der Waals surface area (Å²) in [7, 11) is 0. The summed E-state index contributed by atoms with van der Waals surface area (Å²) in [6.07, 6.45) is -0.790. The summed E-state index contributed by atoms with van der Waals surface area (Å²) in [6.45, 7) is 2.58. The van der Waals surface area contributed by atoms with Crippen LogP contribution in [0, 0.1) is 6.92 Å². The number of H-pyrrole nitrogens is 1. The molecule has 0 bridgehead atoms. The maximum atomic E-state index is 12.8. The molecule has 1 aliphatic rings. The highest BCUT2D eigenvalue weighted by molar-refractivity contribution is 5.83. The van der Waals surface area contributed by atoms with Crippen LogP contribution in [-0.2, 0) is 11.2 Å². The largest absolute Gasteiger partial charge is 0.493 e. The fraction of sp³-hybridized carbons (Fsp3) is 0.200. The van der Waals surface area contributed by atoms with Crippen molar-refractivity contribution >= 4 is 16.9 Å². The molecule has 2 aromatic carbocycles. The molecule has 3 heterocycles. The lowest BCUT2D eigenvalue weighted by molar-refractivity contribution is -0.192. The number of fused-ring (bicyclic) bond motifs is 2. The third-order valence-corrected chi connectivity index (χ3v) is 5.49. The minimum atomic E-state index is -5.08. The van der Waals surface area contributed by atoms with Crippen LogP contribution >= 0.6 is 0 Å². The number of aryl methyl sites for hydroxylation is 1. The van der Waals surface area contributed by atoms with Crippen molar-refractivity contribution in [2.24, 2.45) is 0 Å². The molecule has 0 fully saturated rings. The van der Waals surface area contributed by atoms with Crippen molar-refractivity contribution in [1.82, 2.24) is 15.0 Å². The maximum Gasteiger partial charge on any atom is 0.490 e. The highest BCUT2D eigenvalue weighted by Gasteiger charge is 2.38. The van der Waals surface area contributed by atoms with Gasteiger partial charge in [-0.25, -0.2) is 9.78 Å². The molecule has 2 aromatic heterocycles. The number of hydrogen-bond acceptors (Lipinski definition) is 5. The Morgan fingerprint density at radius 2 is 1.80 bits per heavy atom. The van der Waals surface area contributed by atoms with E-state index in [0.29, 0.717) is 23.3 Å². The van der Waals surface area contributed by atoms with Crippen LogP contribution in [0.15, 0.2) is 65.7 Å². The van der Waals surface area contributed by atoms with E-state index in [1.54, 1.807) is 12.4 Å². The second-order valence-electron chi connectivity index (χ2n) is 8.05. The number of benzene rings is 2. The number of aromatic nitrogens is 3. The van der Waals surface area contributed by atoms with E-state index < -0.39 is 12.1 Å². The Morgan fingerprint density at radius 3 is 2.49 bits per heavy atom. The van der Waals surface area contributed by atoms with Gasteiger partial charge >= 0.3 is 12.1 Å². The molecule has 0 saturated heterocycles. The van der Waals surface area contributed by atoms with Crippen LogP contribution in [0.3, 0.4) is 0 Å². The van der Waals surface area contributed by atoms with Gasteiger partial charge in [0.05, 0.1) is 23.4 Å². The average molecular weight is 483 g/mol. The molecule has 4 aromatic rings. The Bertz CT molecular complexity index is 1440. The third kappa shape index (κ3) is 5.48. The summed E-state index contributed by atoms with van der Waals surface area (Å²) in [5, 5.41) is 7.71. The summed E-state index contributed by atoms with van der Waals surface area (Å²) in [6, 6.07) is 15.8. The standard InChI is InChI=1S/C23H19N3O2.C2HF3O2/c1-14-2-5-21-17(10-14)11-18(13-28-21)22-25-20-4-3-16(12-19(20)23(27)26-22)15-6-8-24-9-7-15;3-2(4,5)1(6)7/h2-10,12,18H,11,13H2,1H3,(H,25,26,27);(H,6,7). The molecule has 2 N–H and O–H groups in total. The van der Waals surface area contributed by atoms with Gasteiger partial charge in [-0.1, -0.05) is 23.8 Å². The highest BCUT2D eigenvalue weighted by Crippen LogP contribution is 2.32. The first-order chi connectivity index (χ1) is 16.6. The van der Waals surface area contributed by atoms with Crippen LogP contribution in [0.2, 0.25) is 0 Å². The predicted molar refractivity (Wildman–Crippen MR) is 122 cm³/mol. The molecule has 1 atom stereocenters. The van der Waals surface area contributed by atoms with Gasteiger partial charge in [0.15, 0.2) is 0 Å². The van der Waals surface area contributed by atoms with Crippen LogP contribution in [0.25, 0.3) is 22.0 Å². The number of rotatable bonds is 2. The number of carboxylic acids is 1. The number of nitrogens with zero attached hydrogens (tertiary/aromatic N) is 2. The Balaban J connectivity index is 0.000000364. The van der Waals surface area contributed by atoms with E-state index in [1.165, 1.54) is 5.56 Å². The molecule has 0 spiro atoms. The van der Waals surface area contributed by atoms with E-state index in [4.69, 9.17) is 19.6 Å². The summed E-state index contributed by atoms with van der Waals surface area (Å²) in [5.41, 5.74) is 4.93. The van der Waals surface area contributed by atoms with Crippen LogP contribution in [0.1, 0.15) is 22.9 Å². The van der Waals surface area contributed by atoms with Gasteiger partial charge in [0.25, 0.3) is 5.56 Å². The highest BCUT2D eigenvalue weighted by atomic mass is 19.4. The lowest BCUT2D eigenvalue weighted by Crippen LogP contribution is -2.24. The molecule has 180 valence electrons. The lowest BCUT2D eigenvalue weighted by atomic mass is 9.94. The van der Waals surface area contributed by atoms with E-state index in [-0.39, 0.29) is 11.5 Å². The number of nitrogens with one attached hydrogen (secondary N) is 1. The van der Waals surface area contributed by atoms with E-state index in [0.717, 1.165) is 28.9 Å². The van der Waals surface area contributed by atoms with Crippen molar-refractivity contribution < 1.29 is 27.8 Å². The monoisotopic (exact) mass is 483 g/mol. The van der Waals surface area contributed by atoms with Crippen LogP contribution in [-0.4, -0.2) is 38.8 Å². The van der Waals surface area contributed by atoms with E-state index in [2.05, 4.69) is 29.0 Å². The molecular weight excluding hydrogens is 463 g/mol. The van der Waals surface area contributed by atoms with Crippen molar-refractivity contribution in [1.29, 1.82) is 0 Å². The molecule has 5 rings (SSSR count). The fourth-order valence-corrected chi connectivity index (χ4v) is 3.77. The number of halogens is 3. The quantitative estimate of drug-likeness (QED) is 0.430. The normalized spacial score (nSPS) is 14.9. The van der Waals surface area contributed by atoms with Gasteiger partial charge in [-0.2, -0.15) is 13.2 Å². The summed E-state index contributed by atoms with van der Waals surface area (Å²) < 4.78 is 37.6. The van der Waals surface area contributed by atoms with Gasteiger partial charge in [-0.05, 0) is 60.4 Å². The van der Waals surface area contributed by atoms with Gasteiger partial charge in [0.1, 0.15) is 11.6 Å². The SMILES string of the molecule is Cc1ccc2c(c1)CC(c1nc3ccc(-c4ccncc4)cc3c(=O)[nH]1)CO2.O=C(O)C(F)(F)F. The maximum absolute atomic E-state index is 12.8. The Labute approximate surface area is 197 Å². The molecule has 1 unspecified atom stereocenters. The number of carboxylic acid groups (broad SMARTS) is 1. The zero-order valence-corrected chi connectivity index (χ0v) is 18.5. The van der Waals surface area contributed by atoms with Crippen LogP contribution in [0.4, 0.5) is 13.2 Å². The van der Waals surface area contributed by atoms with Crippen molar-refractivity contribution in [2.75, 3.05) is 6.61 Å². The minimum absolute atomic E-state index is 0.0336. The van der Waals surface area contributed by atoms with Crippen molar-refractivity contribution in [2.45, 2.75) is 25.4 Å². The van der Waals surface area contributed by atoms with Gasteiger partial charge in [-0.3, -0.25) is 9.78 Å². The molecule has 7 nitrogen and oxygen atoms in total. The molecule has 0 aliphatic carbocycles. The van der Waals surface area contributed by atoms with Gasteiger partial charge < -0.3 is 14.8 Å². The molecule has 0 saturated carbocycles. The van der Waals surface area contributed by atoms with Gasteiger partial charge in [-0.15, -0.1) is 0 Å². The topological polar surface area (TPSA) is 105 Å². The number of aromatic amines is 1. The van der Waals surface area contributed by atoms with Crippen molar-refractivity contribution in [3.05, 3.63) is 88.2 Å². The average Bonchev–Trinajstić information content (AvgIpc) is 2.83. The molecule has 0 radical (unpaired) electrons. The Morgan fingerprint density at radius 1 is 1.09 bits per heavy atom. The van der Waals surface area contributed by atoms with Gasteiger partial charge in [0.2, 0.25) is 0 Å². The number of aliphatic carboxylic acids is 1.